The Morgan fingerprint density at radius 1 is 1.09 bits per heavy atom. The lowest BCUT2D eigenvalue weighted by Gasteiger charge is -2.33. The molecule has 35 heavy (non-hydrogen) atoms. The lowest BCUT2D eigenvalue weighted by molar-refractivity contribution is -0.121. The van der Waals surface area contributed by atoms with Crippen LogP contribution in [0.2, 0.25) is 0 Å². The van der Waals surface area contributed by atoms with Gasteiger partial charge in [-0.2, -0.15) is 0 Å². The third-order valence-electron chi connectivity index (χ3n) is 6.14. The molecule has 7 heteroatoms. The second-order valence-electron chi connectivity index (χ2n) is 10.5. The van der Waals surface area contributed by atoms with Crippen molar-refractivity contribution in [3.05, 3.63) is 54.4 Å². The number of piperidine rings is 1. The highest BCUT2D eigenvalue weighted by molar-refractivity contribution is 5.86. The maximum absolute atomic E-state index is 12.2. The molecule has 0 spiro atoms. The van der Waals surface area contributed by atoms with E-state index in [-0.39, 0.29) is 23.9 Å². The minimum atomic E-state index is -0.488. The standard InChI is InChI=1S/C28H35N3O4/c1-19(2)25(32)17-20-6-8-24-21(16-20)10-15-31(24)26-9-7-23(18-29-26)34-22-11-13-30(14-12-22)27(33)35-28(3,4)5/h6-10,15-16,18-19,22H,11-14,17H2,1-5H3. The maximum atomic E-state index is 12.2. The van der Waals surface area contributed by atoms with Gasteiger partial charge < -0.3 is 18.9 Å². The van der Waals surface area contributed by atoms with Gasteiger partial charge in [0.05, 0.1) is 11.7 Å². The summed E-state index contributed by atoms with van der Waals surface area (Å²) in [5.74, 6) is 1.81. The fourth-order valence-corrected chi connectivity index (χ4v) is 4.17. The lowest BCUT2D eigenvalue weighted by Crippen LogP contribution is -2.44. The molecule has 0 radical (unpaired) electrons. The topological polar surface area (TPSA) is 73.7 Å². The van der Waals surface area contributed by atoms with E-state index >= 15 is 0 Å². The second kappa shape index (κ2) is 10.1. The van der Waals surface area contributed by atoms with E-state index in [1.807, 2.05) is 75.7 Å². The summed E-state index contributed by atoms with van der Waals surface area (Å²) in [5, 5.41) is 1.08. The SMILES string of the molecule is CC(C)C(=O)Cc1ccc2c(ccn2-c2ccc(OC3CCN(C(=O)OC(C)(C)C)CC3)cn2)c1. The van der Waals surface area contributed by atoms with Crippen molar-refractivity contribution in [2.45, 2.75) is 65.6 Å². The summed E-state index contributed by atoms with van der Waals surface area (Å²) in [5.41, 5.74) is 1.59. The number of aromatic nitrogens is 2. The van der Waals surface area contributed by atoms with Gasteiger partial charge in [0, 0.05) is 49.9 Å². The van der Waals surface area contributed by atoms with Crippen LogP contribution < -0.4 is 4.74 Å². The average molecular weight is 478 g/mol. The third-order valence-corrected chi connectivity index (χ3v) is 6.14. The molecule has 3 heterocycles. The molecule has 7 nitrogen and oxygen atoms in total. The Morgan fingerprint density at radius 2 is 1.83 bits per heavy atom. The molecule has 1 fully saturated rings. The number of hydrogen-bond acceptors (Lipinski definition) is 5. The number of ketones is 1. The van der Waals surface area contributed by atoms with Gasteiger partial charge in [0.2, 0.25) is 0 Å². The van der Waals surface area contributed by atoms with E-state index in [9.17, 15) is 9.59 Å². The molecule has 1 aliphatic rings. The predicted molar refractivity (Wildman–Crippen MR) is 136 cm³/mol. The highest BCUT2D eigenvalue weighted by atomic mass is 16.6. The van der Waals surface area contributed by atoms with Crippen molar-refractivity contribution >= 4 is 22.8 Å². The van der Waals surface area contributed by atoms with E-state index in [1.165, 1.54) is 0 Å². The number of benzene rings is 1. The Balaban J connectivity index is 1.36. The number of nitrogens with zero attached hydrogens (tertiary/aromatic N) is 3. The van der Waals surface area contributed by atoms with Crippen molar-refractivity contribution in [1.82, 2.24) is 14.5 Å². The average Bonchev–Trinajstić information content (AvgIpc) is 3.22. The number of ether oxygens (including phenoxy) is 2. The summed E-state index contributed by atoms with van der Waals surface area (Å²) in [4.78, 5) is 30.7. The number of carbonyl (C=O) groups excluding carboxylic acids is 2. The summed E-state index contributed by atoms with van der Waals surface area (Å²) in [7, 11) is 0. The van der Waals surface area contributed by atoms with E-state index in [2.05, 4.69) is 11.1 Å². The molecule has 0 saturated carbocycles. The van der Waals surface area contributed by atoms with Gasteiger partial charge in [0.1, 0.15) is 29.1 Å². The lowest BCUT2D eigenvalue weighted by atomic mass is 10.0. The van der Waals surface area contributed by atoms with Crippen LogP contribution in [0.5, 0.6) is 5.75 Å². The van der Waals surface area contributed by atoms with Crippen LogP contribution in [0.15, 0.2) is 48.8 Å². The van der Waals surface area contributed by atoms with Crippen LogP contribution >= 0.6 is 0 Å². The minimum absolute atomic E-state index is 0.0396. The Bertz CT molecular complexity index is 1180. The van der Waals surface area contributed by atoms with Gasteiger partial charge in [-0.1, -0.05) is 19.9 Å². The number of fused-ring (bicyclic) bond motifs is 1. The van der Waals surface area contributed by atoms with Crippen molar-refractivity contribution < 1.29 is 19.1 Å². The molecule has 3 aromatic rings. The van der Waals surface area contributed by atoms with Gasteiger partial charge in [-0.05, 0) is 56.7 Å². The van der Waals surface area contributed by atoms with Crippen LogP contribution in [0.3, 0.4) is 0 Å². The Morgan fingerprint density at radius 3 is 2.46 bits per heavy atom. The summed E-state index contributed by atoms with van der Waals surface area (Å²) < 4.78 is 13.6. The molecule has 0 bridgehead atoms. The smallest absolute Gasteiger partial charge is 0.410 e. The molecular formula is C28H35N3O4. The zero-order chi connectivity index (χ0) is 25.2. The quantitative estimate of drug-likeness (QED) is 0.464. The highest BCUT2D eigenvalue weighted by Crippen LogP contribution is 2.24. The molecule has 0 N–H and O–H groups in total. The molecule has 2 aromatic heterocycles. The minimum Gasteiger partial charge on any atom is -0.489 e. The molecule has 0 unspecified atom stereocenters. The number of carbonyl (C=O) groups is 2. The van der Waals surface area contributed by atoms with Gasteiger partial charge >= 0.3 is 6.09 Å². The summed E-state index contributed by atoms with van der Waals surface area (Å²) in [6.45, 7) is 10.7. The van der Waals surface area contributed by atoms with Crippen LogP contribution in [-0.4, -0.2) is 51.1 Å². The number of hydrogen-bond donors (Lipinski definition) is 0. The highest BCUT2D eigenvalue weighted by Gasteiger charge is 2.27. The third kappa shape index (κ3) is 6.21. The fraction of sp³-hybridized carbons (Fsp3) is 0.464. The summed E-state index contributed by atoms with van der Waals surface area (Å²) in [6, 6.07) is 12.1. The number of pyridine rings is 1. The Labute approximate surface area is 207 Å². The van der Waals surface area contributed by atoms with E-state index in [4.69, 9.17) is 9.47 Å². The molecular weight excluding hydrogens is 442 g/mol. The molecule has 186 valence electrons. The molecule has 4 rings (SSSR count). The molecule has 0 atom stereocenters. The predicted octanol–water partition coefficient (Wildman–Crippen LogP) is 5.57. The number of likely N-dealkylation sites (tertiary alicyclic amines) is 1. The molecule has 1 aliphatic heterocycles. The van der Waals surface area contributed by atoms with Crippen LogP contribution in [0.1, 0.15) is 53.0 Å². The monoisotopic (exact) mass is 477 g/mol. The summed E-state index contributed by atoms with van der Waals surface area (Å²) in [6.07, 6.45) is 5.49. The summed E-state index contributed by atoms with van der Waals surface area (Å²) >= 11 is 0. The van der Waals surface area contributed by atoms with Crippen LogP contribution in [0.4, 0.5) is 4.79 Å². The van der Waals surface area contributed by atoms with Gasteiger partial charge in [-0.25, -0.2) is 9.78 Å². The van der Waals surface area contributed by atoms with Crippen LogP contribution in [0, 0.1) is 5.92 Å². The van der Waals surface area contributed by atoms with E-state index in [1.54, 1.807) is 11.1 Å². The first kappa shape index (κ1) is 24.8. The van der Waals surface area contributed by atoms with E-state index in [0.717, 1.165) is 40.9 Å². The normalized spacial score (nSPS) is 15.0. The van der Waals surface area contributed by atoms with Crippen LogP contribution in [0.25, 0.3) is 16.7 Å². The van der Waals surface area contributed by atoms with Crippen molar-refractivity contribution in [2.75, 3.05) is 13.1 Å². The van der Waals surface area contributed by atoms with E-state index < -0.39 is 5.60 Å². The number of rotatable bonds is 6. The number of amides is 1. The first-order valence-corrected chi connectivity index (χ1v) is 12.3. The second-order valence-corrected chi connectivity index (χ2v) is 10.5. The molecule has 1 saturated heterocycles. The maximum Gasteiger partial charge on any atom is 0.410 e. The Kier molecular flexibility index (Phi) is 7.15. The van der Waals surface area contributed by atoms with Crippen LogP contribution in [-0.2, 0) is 16.0 Å². The number of Topliss-reactive ketones (excluding diaryl/α,β-unsaturated/α-hetero) is 1. The van der Waals surface area contributed by atoms with Crippen molar-refractivity contribution in [2.24, 2.45) is 5.92 Å². The largest absolute Gasteiger partial charge is 0.489 e. The first-order chi connectivity index (χ1) is 16.6. The van der Waals surface area contributed by atoms with Gasteiger partial charge in [-0.15, -0.1) is 0 Å². The van der Waals surface area contributed by atoms with Crippen molar-refractivity contribution in [3.8, 4) is 11.6 Å². The van der Waals surface area contributed by atoms with Gasteiger partial charge in [0.15, 0.2) is 0 Å². The van der Waals surface area contributed by atoms with Gasteiger partial charge in [0.25, 0.3) is 0 Å². The molecule has 0 aliphatic carbocycles. The van der Waals surface area contributed by atoms with E-state index in [0.29, 0.717) is 19.5 Å². The first-order valence-electron chi connectivity index (χ1n) is 12.3. The van der Waals surface area contributed by atoms with Crippen molar-refractivity contribution in [1.29, 1.82) is 0 Å². The van der Waals surface area contributed by atoms with Gasteiger partial charge in [-0.3, -0.25) is 4.79 Å². The molecule has 1 amide bonds. The fourth-order valence-electron chi connectivity index (χ4n) is 4.17. The zero-order valence-electron chi connectivity index (χ0n) is 21.3. The zero-order valence-corrected chi connectivity index (χ0v) is 21.3. The van der Waals surface area contributed by atoms with Crippen molar-refractivity contribution in [3.63, 3.8) is 0 Å². The Hall–Kier alpha value is -3.35. The molecule has 1 aromatic carbocycles.